The first-order valence-electron chi connectivity index (χ1n) is 11.7. The molecule has 34 heavy (non-hydrogen) atoms. The average molecular weight is 512 g/mol. The number of benzene rings is 2. The molecular weight excluding hydrogens is 486 g/mol. The van der Waals surface area contributed by atoms with E-state index in [9.17, 15) is 9.59 Å². The van der Waals surface area contributed by atoms with E-state index in [4.69, 9.17) is 16.6 Å². The van der Waals surface area contributed by atoms with E-state index >= 15 is 0 Å². The lowest BCUT2D eigenvalue weighted by Gasteiger charge is -2.14. The first-order chi connectivity index (χ1) is 16.6. The molecule has 1 aliphatic rings. The highest BCUT2D eigenvalue weighted by Gasteiger charge is 2.19. The molecule has 0 saturated heterocycles. The number of carbonyl (C=O) groups is 1. The number of thioether (sulfide) groups is 1. The molecule has 5 nitrogen and oxygen atoms in total. The topological polar surface area (TPSA) is 64.0 Å². The number of hydrogen-bond donors (Lipinski definition) is 1. The summed E-state index contributed by atoms with van der Waals surface area (Å²) in [6.07, 6.45) is 5.53. The number of amides is 1. The Bertz CT molecular complexity index is 1390. The van der Waals surface area contributed by atoms with Crippen molar-refractivity contribution in [2.75, 3.05) is 0 Å². The second-order valence-electron chi connectivity index (χ2n) is 8.70. The zero-order valence-corrected chi connectivity index (χ0v) is 21.1. The van der Waals surface area contributed by atoms with Gasteiger partial charge in [-0.3, -0.25) is 14.2 Å². The number of fused-ring (bicyclic) bond motifs is 3. The number of halogens is 1. The van der Waals surface area contributed by atoms with Crippen LogP contribution in [0, 0.1) is 0 Å². The Kier molecular flexibility index (Phi) is 7.23. The number of hydrogen-bond acceptors (Lipinski definition) is 5. The van der Waals surface area contributed by atoms with E-state index in [-0.39, 0.29) is 11.5 Å². The van der Waals surface area contributed by atoms with Crippen LogP contribution >= 0.6 is 34.7 Å². The van der Waals surface area contributed by atoms with Crippen LogP contribution in [0.3, 0.4) is 0 Å². The maximum atomic E-state index is 13.5. The smallest absolute Gasteiger partial charge is 0.272 e. The standard InChI is InChI=1S/C26H26ClN3O2S2/c27-18-8-5-7-17(15-18)16-33-26-29-23-20-11-3-4-12-21(20)34-24(23)25(32)30(26)14-6-13-22(31)28-19-9-1-2-10-19/h3-5,7-8,11-12,15,19H,1-2,6,9-10,13-14,16H2,(H,28,31). The van der Waals surface area contributed by atoms with Gasteiger partial charge in [0.1, 0.15) is 4.70 Å². The van der Waals surface area contributed by atoms with Gasteiger partial charge in [-0.1, -0.05) is 66.5 Å². The molecule has 2 aromatic heterocycles. The van der Waals surface area contributed by atoms with Crippen molar-refractivity contribution in [3.8, 4) is 0 Å². The Morgan fingerprint density at radius 2 is 2.00 bits per heavy atom. The third kappa shape index (κ3) is 5.16. The van der Waals surface area contributed by atoms with E-state index in [1.54, 1.807) is 4.57 Å². The van der Waals surface area contributed by atoms with Gasteiger partial charge in [0.15, 0.2) is 5.16 Å². The molecule has 5 rings (SSSR count). The van der Waals surface area contributed by atoms with Gasteiger partial charge < -0.3 is 5.32 Å². The second-order valence-corrected chi connectivity index (χ2v) is 11.1. The zero-order chi connectivity index (χ0) is 23.5. The van der Waals surface area contributed by atoms with Crippen molar-refractivity contribution in [2.45, 2.75) is 62.0 Å². The molecule has 1 amide bonds. The van der Waals surface area contributed by atoms with Crippen molar-refractivity contribution in [1.29, 1.82) is 0 Å². The van der Waals surface area contributed by atoms with E-state index in [0.29, 0.717) is 46.1 Å². The van der Waals surface area contributed by atoms with Crippen LogP contribution in [0.25, 0.3) is 20.3 Å². The number of nitrogens with one attached hydrogen (secondary N) is 1. The molecule has 0 spiro atoms. The molecular formula is C26H26ClN3O2S2. The Morgan fingerprint density at radius 3 is 2.82 bits per heavy atom. The summed E-state index contributed by atoms with van der Waals surface area (Å²) in [4.78, 5) is 30.9. The molecule has 0 radical (unpaired) electrons. The van der Waals surface area contributed by atoms with Crippen molar-refractivity contribution >= 4 is 60.9 Å². The number of carbonyl (C=O) groups excluding carboxylic acids is 1. The third-order valence-corrected chi connectivity index (χ3v) is 8.64. The van der Waals surface area contributed by atoms with Gasteiger partial charge in [0.25, 0.3) is 5.56 Å². The largest absolute Gasteiger partial charge is 0.353 e. The average Bonchev–Trinajstić information content (AvgIpc) is 3.47. The van der Waals surface area contributed by atoms with E-state index < -0.39 is 0 Å². The van der Waals surface area contributed by atoms with Crippen LogP contribution in [0.5, 0.6) is 0 Å². The van der Waals surface area contributed by atoms with Crippen LogP contribution in [-0.4, -0.2) is 21.5 Å². The van der Waals surface area contributed by atoms with Crippen LogP contribution < -0.4 is 10.9 Å². The molecule has 4 aromatic rings. The van der Waals surface area contributed by atoms with Crippen LogP contribution in [0.2, 0.25) is 5.02 Å². The Hall–Kier alpha value is -2.35. The molecule has 0 aliphatic heterocycles. The summed E-state index contributed by atoms with van der Waals surface area (Å²) in [5.41, 5.74) is 1.80. The van der Waals surface area contributed by atoms with Gasteiger partial charge in [0.2, 0.25) is 5.91 Å². The zero-order valence-electron chi connectivity index (χ0n) is 18.8. The molecule has 1 fully saturated rings. The molecule has 2 heterocycles. The summed E-state index contributed by atoms with van der Waals surface area (Å²) in [5.74, 6) is 0.729. The normalized spacial score (nSPS) is 14.3. The van der Waals surface area contributed by atoms with Crippen LogP contribution in [0.1, 0.15) is 44.1 Å². The summed E-state index contributed by atoms with van der Waals surface area (Å²) in [7, 11) is 0. The summed E-state index contributed by atoms with van der Waals surface area (Å²) in [5, 5.41) is 5.51. The molecule has 0 atom stereocenters. The van der Waals surface area contributed by atoms with E-state index in [2.05, 4.69) is 5.32 Å². The van der Waals surface area contributed by atoms with Crippen molar-refractivity contribution in [2.24, 2.45) is 0 Å². The minimum absolute atomic E-state index is 0.0315. The number of aromatic nitrogens is 2. The number of nitrogens with zero attached hydrogens (tertiary/aromatic N) is 2. The molecule has 176 valence electrons. The summed E-state index contributed by atoms with van der Waals surface area (Å²) in [6.45, 7) is 0.464. The Labute approximate surface area is 211 Å². The summed E-state index contributed by atoms with van der Waals surface area (Å²) < 4.78 is 3.47. The fourth-order valence-electron chi connectivity index (χ4n) is 4.50. The van der Waals surface area contributed by atoms with Gasteiger partial charge in [-0.05, 0) is 43.0 Å². The fourth-order valence-corrected chi connectivity index (χ4v) is 6.77. The van der Waals surface area contributed by atoms with Crippen LogP contribution in [-0.2, 0) is 17.1 Å². The van der Waals surface area contributed by atoms with Crippen molar-refractivity contribution < 1.29 is 4.79 Å². The van der Waals surface area contributed by atoms with Gasteiger partial charge in [0, 0.05) is 39.9 Å². The van der Waals surface area contributed by atoms with Crippen molar-refractivity contribution in [1.82, 2.24) is 14.9 Å². The van der Waals surface area contributed by atoms with Crippen molar-refractivity contribution in [3.05, 3.63) is 69.5 Å². The third-order valence-electron chi connectivity index (χ3n) is 6.21. The highest BCUT2D eigenvalue weighted by molar-refractivity contribution is 7.98. The first-order valence-corrected chi connectivity index (χ1v) is 13.8. The van der Waals surface area contributed by atoms with Gasteiger partial charge in [-0.25, -0.2) is 4.98 Å². The van der Waals surface area contributed by atoms with Crippen LogP contribution in [0.4, 0.5) is 0 Å². The molecule has 8 heteroatoms. The lowest BCUT2D eigenvalue weighted by molar-refractivity contribution is -0.121. The Balaban J connectivity index is 1.41. The lowest BCUT2D eigenvalue weighted by atomic mass is 10.2. The maximum absolute atomic E-state index is 13.5. The van der Waals surface area contributed by atoms with Gasteiger partial charge in [-0.15, -0.1) is 11.3 Å². The molecule has 1 aliphatic carbocycles. The molecule has 0 bridgehead atoms. The van der Waals surface area contributed by atoms with E-state index in [0.717, 1.165) is 34.0 Å². The number of thiophene rings is 1. The minimum atomic E-state index is -0.0315. The first kappa shape index (κ1) is 23.4. The van der Waals surface area contributed by atoms with Gasteiger partial charge in [0.05, 0.1) is 5.52 Å². The summed E-state index contributed by atoms with van der Waals surface area (Å²) >= 11 is 9.17. The minimum Gasteiger partial charge on any atom is -0.353 e. The monoisotopic (exact) mass is 511 g/mol. The lowest BCUT2D eigenvalue weighted by Crippen LogP contribution is -2.32. The highest BCUT2D eigenvalue weighted by atomic mass is 35.5. The number of rotatable bonds is 8. The predicted octanol–water partition coefficient (Wildman–Crippen LogP) is 6.40. The van der Waals surface area contributed by atoms with Crippen molar-refractivity contribution in [3.63, 3.8) is 0 Å². The SMILES string of the molecule is O=C(CCCn1c(SCc2cccc(Cl)c2)nc2c(sc3ccccc32)c1=O)NC1CCCC1. The molecule has 0 unspecified atom stereocenters. The summed E-state index contributed by atoms with van der Waals surface area (Å²) in [6, 6.07) is 16.0. The second kappa shape index (κ2) is 10.5. The van der Waals surface area contributed by atoms with Crippen LogP contribution in [0.15, 0.2) is 58.5 Å². The highest BCUT2D eigenvalue weighted by Crippen LogP contribution is 2.32. The quantitative estimate of drug-likeness (QED) is 0.220. The predicted molar refractivity (Wildman–Crippen MR) is 142 cm³/mol. The molecule has 1 N–H and O–H groups in total. The fraction of sp³-hybridized carbons (Fsp3) is 0.346. The van der Waals surface area contributed by atoms with E-state index in [1.165, 1.54) is 35.9 Å². The van der Waals surface area contributed by atoms with E-state index in [1.807, 2.05) is 48.5 Å². The molecule has 1 saturated carbocycles. The van der Waals surface area contributed by atoms with Gasteiger partial charge >= 0.3 is 0 Å². The molecule has 2 aromatic carbocycles. The van der Waals surface area contributed by atoms with Gasteiger partial charge in [-0.2, -0.15) is 0 Å². The Morgan fingerprint density at radius 1 is 1.18 bits per heavy atom. The maximum Gasteiger partial charge on any atom is 0.272 e.